The van der Waals surface area contributed by atoms with Gasteiger partial charge in [0.25, 0.3) is 0 Å². The highest BCUT2D eigenvalue weighted by Crippen LogP contribution is 2.46. The van der Waals surface area contributed by atoms with Gasteiger partial charge in [0.05, 0.1) is 31.6 Å². The van der Waals surface area contributed by atoms with Crippen LogP contribution in [0, 0.1) is 0 Å². The number of nitrogens with zero attached hydrogens (tertiary/aromatic N) is 1. The van der Waals surface area contributed by atoms with Crippen molar-refractivity contribution in [2.24, 2.45) is 0 Å². The second-order valence-electron chi connectivity index (χ2n) is 14.1. The zero-order valence-corrected chi connectivity index (χ0v) is 31.7. The molecule has 0 aliphatic rings. The molecule has 0 saturated carbocycles. The number of rotatable bonds is 8. The lowest BCUT2D eigenvalue weighted by Crippen LogP contribution is -2.10. The molecule has 2 heteroatoms. The molecule has 0 spiro atoms. The molecule has 1 aromatic heterocycles. The maximum Gasteiger partial charge on any atom is 0.145 e. The van der Waals surface area contributed by atoms with Gasteiger partial charge in [-0.05, 0) is 121 Å². The Bertz CT molecular complexity index is 4120. The van der Waals surface area contributed by atoms with Gasteiger partial charge in [0, 0.05) is 22.3 Å². The third-order valence-electron chi connectivity index (χ3n) is 10.5. The molecule has 0 radical (unpaired) electrons. The van der Waals surface area contributed by atoms with Crippen LogP contribution in [0.1, 0.15) is 20.6 Å². The van der Waals surface area contributed by atoms with Gasteiger partial charge < -0.3 is 9.32 Å². The van der Waals surface area contributed by atoms with Crippen molar-refractivity contribution >= 4 is 49.8 Å². The van der Waals surface area contributed by atoms with E-state index >= 15 is 0 Å². The standard InChI is InChI=1S/C58H39NO/c1-4-13-40(14-5-1)46-19-12-20-47(37-46)42-27-31-51(32-28-42)59(55-36-35-53(45-17-8-3-9-18-45)58-57(55)54-21-10-11-22-56(54)60-58)52-33-29-43(30-34-52)49-26-24-44-23-25-48(38-50(44)39-49)41-15-6-2-7-16-41/h1-39H/i2D,6D,7D,15D,16D,23D,24D,25D,26D,29D,30D,33D,34D,38D,39D. The fraction of sp³-hybridized carbons (Fsp3) is 0. The Morgan fingerprint density at radius 3 is 1.67 bits per heavy atom. The Labute approximate surface area is 371 Å². The first-order valence-electron chi connectivity index (χ1n) is 26.8. The molecule has 0 unspecified atom stereocenters. The highest BCUT2D eigenvalue weighted by molar-refractivity contribution is 6.17. The third-order valence-corrected chi connectivity index (χ3v) is 10.5. The summed E-state index contributed by atoms with van der Waals surface area (Å²) in [4.78, 5) is 1.63. The average Bonchev–Trinajstić information content (AvgIpc) is 3.84. The zero-order valence-electron chi connectivity index (χ0n) is 46.7. The van der Waals surface area contributed by atoms with E-state index in [0.717, 1.165) is 33.4 Å². The van der Waals surface area contributed by atoms with E-state index in [1.807, 2.05) is 140 Å². The molecule has 0 amide bonds. The number of anilines is 3. The second kappa shape index (κ2) is 15.1. The van der Waals surface area contributed by atoms with Gasteiger partial charge in [0.15, 0.2) is 0 Å². The van der Waals surface area contributed by atoms with Crippen molar-refractivity contribution in [2.75, 3.05) is 4.90 Å². The molecule has 11 rings (SSSR count). The maximum atomic E-state index is 9.85. The normalized spacial score (nSPS) is 14.8. The lowest BCUT2D eigenvalue weighted by molar-refractivity contribution is 0.670. The largest absolute Gasteiger partial charge is 0.455 e. The first kappa shape index (κ1) is 22.9. The zero-order chi connectivity index (χ0) is 52.9. The lowest BCUT2D eigenvalue weighted by Gasteiger charge is -2.27. The molecule has 0 atom stereocenters. The van der Waals surface area contributed by atoms with Gasteiger partial charge in [-0.3, -0.25) is 0 Å². The predicted octanol–water partition coefficient (Wildman–Crippen LogP) is 16.5. The van der Waals surface area contributed by atoms with Gasteiger partial charge in [-0.25, -0.2) is 0 Å². The lowest BCUT2D eigenvalue weighted by atomic mass is 9.97. The van der Waals surface area contributed by atoms with E-state index in [2.05, 4.69) is 6.07 Å². The molecule has 10 aromatic carbocycles. The molecule has 0 fully saturated rings. The molecule has 0 aliphatic heterocycles. The van der Waals surface area contributed by atoms with Gasteiger partial charge in [-0.15, -0.1) is 0 Å². The van der Waals surface area contributed by atoms with E-state index < -0.39 is 124 Å². The summed E-state index contributed by atoms with van der Waals surface area (Å²) in [5, 5.41) is 0.324. The SMILES string of the molecule is [2H]c1c([2H])c([2H])c(-c2c([2H])c([2H])c3c([2H])c([2H])c(-c4c([2H])c([2H])c(N(c5ccc(-c6cccc(-c7ccccc7)c6)cc5)c5ccc(-c6ccccc6)c6oc7ccccc7c56)c([2H])c4[2H])c([2H])c3c2[2H])c([2H])c1[2H]. The molecule has 11 aromatic rings. The summed E-state index contributed by atoms with van der Waals surface area (Å²) >= 11 is 0. The van der Waals surface area contributed by atoms with Crippen LogP contribution < -0.4 is 4.90 Å². The first-order chi connectivity index (χ1) is 36.0. The van der Waals surface area contributed by atoms with Crippen LogP contribution in [0.5, 0.6) is 0 Å². The van der Waals surface area contributed by atoms with Crippen LogP contribution in [0.3, 0.4) is 0 Å². The second-order valence-corrected chi connectivity index (χ2v) is 14.1. The molecule has 60 heavy (non-hydrogen) atoms. The Morgan fingerprint density at radius 2 is 0.967 bits per heavy atom. The third kappa shape index (κ3) is 6.51. The van der Waals surface area contributed by atoms with E-state index in [0.29, 0.717) is 33.3 Å². The summed E-state index contributed by atoms with van der Waals surface area (Å²) < 4.78 is 143. The van der Waals surface area contributed by atoms with Crippen molar-refractivity contribution in [1.82, 2.24) is 0 Å². The number of para-hydroxylation sites is 1. The number of furan rings is 1. The fourth-order valence-corrected chi connectivity index (χ4v) is 7.59. The van der Waals surface area contributed by atoms with Crippen molar-refractivity contribution in [3.05, 3.63) is 236 Å². The van der Waals surface area contributed by atoms with Gasteiger partial charge in [-0.2, -0.15) is 0 Å². The van der Waals surface area contributed by atoms with Crippen LogP contribution in [-0.4, -0.2) is 0 Å². The highest BCUT2D eigenvalue weighted by atomic mass is 16.3. The number of benzene rings is 10. The Hall–Kier alpha value is -7.94. The van der Waals surface area contributed by atoms with Gasteiger partial charge in [-0.1, -0.05) is 176 Å². The van der Waals surface area contributed by atoms with E-state index in [9.17, 15) is 9.60 Å². The molecule has 0 aliphatic carbocycles. The van der Waals surface area contributed by atoms with E-state index in [4.69, 9.17) is 15.4 Å². The first-order valence-corrected chi connectivity index (χ1v) is 19.3. The number of hydrogen-bond acceptors (Lipinski definition) is 2. The van der Waals surface area contributed by atoms with Gasteiger partial charge in [0.1, 0.15) is 11.2 Å². The van der Waals surface area contributed by atoms with Crippen molar-refractivity contribution in [2.45, 2.75) is 0 Å². The van der Waals surface area contributed by atoms with E-state index in [-0.39, 0.29) is 5.69 Å². The molecule has 1 heterocycles. The van der Waals surface area contributed by atoms with Crippen LogP contribution in [0.15, 0.2) is 241 Å². The molecular weight excluding hydrogens is 727 g/mol. The molecular formula is C58H39NO. The topological polar surface area (TPSA) is 16.4 Å². The van der Waals surface area contributed by atoms with Crippen LogP contribution in [0.25, 0.3) is 88.3 Å². The quantitative estimate of drug-likeness (QED) is 0.153. The van der Waals surface area contributed by atoms with E-state index in [1.54, 1.807) is 4.90 Å². The number of hydrogen-bond donors (Lipinski definition) is 0. The number of fused-ring (bicyclic) bond motifs is 4. The Balaban J connectivity index is 1.16. The predicted molar refractivity (Wildman–Crippen MR) is 253 cm³/mol. The Morgan fingerprint density at radius 1 is 0.383 bits per heavy atom. The summed E-state index contributed by atoms with van der Waals surface area (Å²) in [7, 11) is 0. The summed E-state index contributed by atoms with van der Waals surface area (Å²) in [5.41, 5.74) is 4.94. The smallest absolute Gasteiger partial charge is 0.145 e. The molecule has 0 saturated heterocycles. The molecule has 0 N–H and O–H groups in total. The minimum absolute atomic E-state index is 0.200. The summed E-state index contributed by atoms with van der Waals surface area (Å²) in [6, 6.07) is 35.5. The van der Waals surface area contributed by atoms with Crippen LogP contribution in [-0.2, 0) is 0 Å². The molecule has 0 bridgehead atoms. The van der Waals surface area contributed by atoms with Crippen molar-refractivity contribution in [1.29, 1.82) is 0 Å². The summed E-state index contributed by atoms with van der Waals surface area (Å²) in [6.45, 7) is 0. The summed E-state index contributed by atoms with van der Waals surface area (Å²) in [5.74, 6) is 0. The Kier molecular flexibility index (Phi) is 5.75. The fourth-order valence-electron chi connectivity index (χ4n) is 7.59. The van der Waals surface area contributed by atoms with Crippen LogP contribution in [0.2, 0.25) is 0 Å². The molecule has 282 valence electrons. The average molecular weight is 781 g/mol. The minimum Gasteiger partial charge on any atom is -0.455 e. The van der Waals surface area contributed by atoms with Crippen LogP contribution in [0.4, 0.5) is 17.1 Å². The van der Waals surface area contributed by atoms with E-state index in [1.165, 1.54) is 0 Å². The van der Waals surface area contributed by atoms with Crippen LogP contribution >= 0.6 is 0 Å². The monoisotopic (exact) mass is 780 g/mol. The van der Waals surface area contributed by atoms with Gasteiger partial charge in [0.2, 0.25) is 0 Å². The van der Waals surface area contributed by atoms with Gasteiger partial charge >= 0.3 is 0 Å². The maximum absolute atomic E-state index is 9.85. The van der Waals surface area contributed by atoms with Crippen molar-refractivity contribution in [3.8, 4) is 55.6 Å². The summed E-state index contributed by atoms with van der Waals surface area (Å²) in [6.07, 6.45) is 0. The minimum atomic E-state index is -0.773. The van der Waals surface area contributed by atoms with Crippen molar-refractivity contribution < 1.29 is 25.0 Å². The van der Waals surface area contributed by atoms with Crippen molar-refractivity contribution in [3.63, 3.8) is 0 Å². The molecule has 2 nitrogen and oxygen atoms in total. The highest BCUT2D eigenvalue weighted by Gasteiger charge is 2.22.